The molecule has 12 aromatic rings. The van der Waals surface area contributed by atoms with Crippen LogP contribution in [0.2, 0.25) is 0 Å². The van der Waals surface area contributed by atoms with Gasteiger partial charge in [0, 0.05) is 80.8 Å². The van der Waals surface area contributed by atoms with E-state index in [-0.39, 0.29) is 68.5 Å². The first kappa shape index (κ1) is 64.3. The van der Waals surface area contributed by atoms with E-state index in [4.69, 9.17) is 13.3 Å². The summed E-state index contributed by atoms with van der Waals surface area (Å²) in [5, 5.41) is 46.3. The Morgan fingerprint density at radius 1 is 0.437 bits per heavy atom. The van der Waals surface area contributed by atoms with Gasteiger partial charge in [0.1, 0.15) is 60.0 Å². The van der Waals surface area contributed by atoms with E-state index < -0.39 is 17.9 Å². The van der Waals surface area contributed by atoms with Crippen LogP contribution >= 0.6 is 81.8 Å². The van der Waals surface area contributed by atoms with Gasteiger partial charge in [-0.1, -0.05) is 154 Å². The zero-order chi connectivity index (χ0) is 59.7. The monoisotopic (exact) mass is 1410 g/mol. The Bertz CT molecular complexity index is 4370. The van der Waals surface area contributed by atoms with E-state index >= 15 is 0 Å². The lowest BCUT2D eigenvalue weighted by molar-refractivity contribution is -0.116. The smallest absolute Gasteiger partial charge is 0.339 e. The van der Waals surface area contributed by atoms with E-state index in [9.17, 15) is 44.1 Å². The largest absolute Gasteiger partial charge is 0.478 e. The molecule has 0 spiro atoms. The van der Waals surface area contributed by atoms with Crippen molar-refractivity contribution in [2.45, 2.75) is 40.5 Å². The van der Waals surface area contributed by atoms with Gasteiger partial charge in [0.2, 0.25) is 17.7 Å². The van der Waals surface area contributed by atoms with Crippen molar-refractivity contribution in [3.63, 3.8) is 0 Å². The number of benzene rings is 6. The Hall–Kier alpha value is -8.70. The van der Waals surface area contributed by atoms with Crippen LogP contribution in [0.3, 0.4) is 0 Å². The van der Waals surface area contributed by atoms with Gasteiger partial charge in [-0.2, -0.15) is 0 Å². The lowest BCUT2D eigenvalue weighted by atomic mass is 10.0. The molecule has 0 aliphatic rings. The SMILES string of the molecule is C.C.O=C(CCc1cc2ccccc2o1)Nc1scc(-c2ccc(Br)cc2)c1C(=O)O.O=C(Cc1cc2ccccc2o1)Nc1scc(-c2ccc(Br)cc2)c1C(=O)O.O=C(Cc1coc2ccccc12)Nc1scc(-c2ccc(Br)cc2)c1C(=O)O. The number of halogens is 3. The number of amides is 3. The van der Waals surface area contributed by atoms with Crippen LogP contribution in [0.15, 0.2) is 207 Å². The fourth-order valence-corrected chi connectivity index (χ4v) is 12.8. The standard InChI is InChI=1S/C22H16BrNO4S.2C21H14BrNO4S.2CH4/c23-15-7-5-13(6-8-15)17-12-29-21(20(17)22(26)27)24-19(25)10-9-16-11-14-3-1-2-4-18(14)28-16;22-14-7-5-12(6-8-14)16-11-28-20(19(16)21(25)26)23-18(24)9-13-10-27-17-4-2-1-3-15(13)17;22-14-7-5-12(6-8-14)16-11-28-20(19(16)21(25)26)23-18(24)10-15-9-13-3-1-2-4-17(13)27-15;;/h1-8,11-12H,9-10H2,(H,24,25)(H,26,27);1-8,10-11H,9H2,(H,23,24)(H,25,26);1-9,11H,10H2,(H,23,24)(H,25,26);2*1H4. The third kappa shape index (κ3) is 15.7. The van der Waals surface area contributed by atoms with E-state index in [0.29, 0.717) is 55.0 Å². The molecular formula is C66H52Br3N3O12S3. The molecule has 0 aliphatic carbocycles. The van der Waals surface area contributed by atoms with Crippen molar-refractivity contribution >= 4 is 165 Å². The number of anilines is 3. The van der Waals surface area contributed by atoms with Crippen LogP contribution in [-0.2, 0) is 33.6 Å². The minimum atomic E-state index is -1.08. The topological polar surface area (TPSA) is 239 Å². The Morgan fingerprint density at radius 3 is 1.23 bits per heavy atom. The summed E-state index contributed by atoms with van der Waals surface area (Å²) in [5.74, 6) is -2.86. The van der Waals surface area contributed by atoms with Crippen LogP contribution in [0.25, 0.3) is 66.3 Å². The second kappa shape index (κ2) is 29.1. The van der Waals surface area contributed by atoms with Gasteiger partial charge in [-0.3, -0.25) is 14.4 Å². The number of hydrogen-bond acceptors (Lipinski definition) is 12. The number of hydrogen-bond donors (Lipinski definition) is 6. The van der Waals surface area contributed by atoms with Crippen LogP contribution in [0.5, 0.6) is 0 Å². The average Bonchev–Trinajstić information content (AvgIpc) is 3.43. The number of rotatable bonds is 16. The number of carboxylic acids is 3. The summed E-state index contributed by atoms with van der Waals surface area (Å²) in [5.41, 5.74) is 7.33. The quantitative estimate of drug-likeness (QED) is 0.0530. The van der Waals surface area contributed by atoms with Gasteiger partial charge in [-0.25, -0.2) is 14.4 Å². The van der Waals surface area contributed by atoms with Crippen molar-refractivity contribution in [1.29, 1.82) is 0 Å². The molecule has 3 amide bonds. The second-order valence-electron chi connectivity index (χ2n) is 18.8. The lowest BCUT2D eigenvalue weighted by Crippen LogP contribution is -2.15. The number of aromatic carboxylic acids is 3. The maximum atomic E-state index is 12.5. The Kier molecular flexibility index (Phi) is 21.5. The summed E-state index contributed by atoms with van der Waals surface area (Å²) in [7, 11) is 0. The summed E-state index contributed by atoms with van der Waals surface area (Å²) in [6.07, 6.45) is 2.32. The molecule has 6 N–H and O–H groups in total. The minimum Gasteiger partial charge on any atom is -0.478 e. The molecule has 0 saturated carbocycles. The van der Waals surface area contributed by atoms with Gasteiger partial charge in [-0.15, -0.1) is 34.0 Å². The minimum absolute atomic E-state index is 0. The molecule has 0 aliphatic heterocycles. The number of carbonyl (C=O) groups excluding carboxylic acids is 3. The van der Waals surface area contributed by atoms with Crippen LogP contribution in [0.4, 0.5) is 15.0 Å². The van der Waals surface area contributed by atoms with Crippen LogP contribution < -0.4 is 16.0 Å². The third-order valence-corrected chi connectivity index (χ3v) is 17.3. The Balaban J connectivity index is 0.000000167. The number of fused-ring (bicyclic) bond motifs is 3. The predicted octanol–water partition coefficient (Wildman–Crippen LogP) is 19.1. The van der Waals surface area contributed by atoms with Crippen LogP contribution in [0.1, 0.15) is 69.4 Å². The fourth-order valence-electron chi connectivity index (χ4n) is 9.06. The van der Waals surface area contributed by atoms with E-state index in [1.807, 2.05) is 158 Å². The molecule has 6 heterocycles. The van der Waals surface area contributed by atoms with Crippen molar-refractivity contribution in [1.82, 2.24) is 0 Å². The highest BCUT2D eigenvalue weighted by atomic mass is 79.9. The molecule has 0 saturated heterocycles. The number of carbonyl (C=O) groups is 6. The highest BCUT2D eigenvalue weighted by Gasteiger charge is 2.25. The van der Waals surface area contributed by atoms with Gasteiger partial charge >= 0.3 is 17.9 Å². The number of thiophene rings is 3. The maximum absolute atomic E-state index is 12.5. The summed E-state index contributed by atoms with van der Waals surface area (Å²) in [4.78, 5) is 72.9. The zero-order valence-corrected chi connectivity index (χ0v) is 51.2. The summed E-state index contributed by atoms with van der Waals surface area (Å²) >= 11 is 13.7. The number of nitrogens with one attached hydrogen (secondary N) is 3. The molecular weight excluding hydrogens is 1360 g/mol. The third-order valence-electron chi connectivity index (χ3n) is 13.0. The first-order chi connectivity index (χ1) is 41.0. The fraction of sp³-hybridized carbons (Fsp3) is 0.0909. The molecule has 15 nitrogen and oxygen atoms in total. The summed E-state index contributed by atoms with van der Waals surface area (Å²) in [6.45, 7) is 0. The molecule has 87 heavy (non-hydrogen) atoms. The molecule has 21 heteroatoms. The zero-order valence-electron chi connectivity index (χ0n) is 44.0. The Morgan fingerprint density at radius 2 is 0.805 bits per heavy atom. The number of furan rings is 3. The van der Waals surface area contributed by atoms with E-state index in [2.05, 4.69) is 63.7 Å². The lowest BCUT2D eigenvalue weighted by Gasteiger charge is -2.06. The van der Waals surface area contributed by atoms with Gasteiger partial charge in [0.25, 0.3) is 0 Å². The van der Waals surface area contributed by atoms with Crippen molar-refractivity contribution in [2.24, 2.45) is 0 Å². The van der Waals surface area contributed by atoms with Crippen LogP contribution in [-0.4, -0.2) is 50.9 Å². The van der Waals surface area contributed by atoms with Crippen molar-refractivity contribution in [3.8, 4) is 33.4 Å². The highest BCUT2D eigenvalue weighted by molar-refractivity contribution is 9.11. The van der Waals surface area contributed by atoms with Crippen molar-refractivity contribution in [3.05, 3.63) is 227 Å². The number of carboxylic acid groups (broad SMARTS) is 3. The van der Waals surface area contributed by atoms with Gasteiger partial charge < -0.3 is 44.5 Å². The Labute approximate surface area is 535 Å². The van der Waals surface area contributed by atoms with Crippen molar-refractivity contribution in [2.75, 3.05) is 16.0 Å². The molecule has 0 bridgehead atoms. The molecule has 0 fully saturated rings. The van der Waals surface area contributed by atoms with Gasteiger partial charge in [-0.05, 0) is 83.4 Å². The number of aryl methyl sites for hydroxylation is 1. The van der Waals surface area contributed by atoms with Crippen LogP contribution in [0, 0.1) is 0 Å². The molecule has 0 radical (unpaired) electrons. The van der Waals surface area contributed by atoms with Gasteiger partial charge in [0.05, 0.1) is 19.1 Å². The van der Waals surface area contributed by atoms with E-state index in [1.165, 1.54) is 34.0 Å². The normalized spacial score (nSPS) is 10.7. The molecule has 6 aromatic carbocycles. The first-order valence-corrected chi connectivity index (χ1v) is 30.7. The maximum Gasteiger partial charge on any atom is 0.339 e. The average molecular weight is 1420 g/mol. The van der Waals surface area contributed by atoms with Crippen molar-refractivity contribution < 1.29 is 57.3 Å². The molecule has 12 rings (SSSR count). The summed E-state index contributed by atoms with van der Waals surface area (Å²) < 4.78 is 19.6. The predicted molar refractivity (Wildman–Crippen MR) is 357 cm³/mol. The first-order valence-electron chi connectivity index (χ1n) is 25.7. The van der Waals surface area contributed by atoms with E-state index in [1.54, 1.807) is 22.4 Å². The van der Waals surface area contributed by atoms with Gasteiger partial charge in [0.15, 0.2) is 0 Å². The highest BCUT2D eigenvalue weighted by Crippen LogP contribution is 2.39. The number of para-hydroxylation sites is 3. The molecule has 442 valence electrons. The van der Waals surface area contributed by atoms with E-state index in [0.717, 1.165) is 63.2 Å². The molecule has 0 unspecified atom stereocenters. The second-order valence-corrected chi connectivity index (χ2v) is 24.1. The molecule has 6 aromatic heterocycles. The molecule has 0 atom stereocenters. The summed E-state index contributed by atoms with van der Waals surface area (Å²) in [6, 6.07) is 48.5.